The Morgan fingerprint density at radius 2 is 2.06 bits per heavy atom. The monoisotopic (exact) mass is 230 g/mol. The fourth-order valence-corrected chi connectivity index (χ4v) is 2.29. The van der Waals surface area contributed by atoms with Crippen molar-refractivity contribution >= 4 is 5.69 Å². The molecular formula is C14H18N2O. The quantitative estimate of drug-likeness (QED) is 0.812. The Hall–Kier alpha value is -1.69. The topological polar surface area (TPSA) is 59.0 Å². The lowest BCUT2D eigenvalue weighted by molar-refractivity contribution is 0.209. The van der Waals surface area contributed by atoms with E-state index < -0.39 is 0 Å². The van der Waals surface area contributed by atoms with Gasteiger partial charge in [-0.1, -0.05) is 19.3 Å². The molecule has 90 valence electrons. The molecule has 0 aromatic heterocycles. The van der Waals surface area contributed by atoms with Gasteiger partial charge in [0.05, 0.1) is 12.2 Å². The third-order valence-corrected chi connectivity index (χ3v) is 3.36. The van der Waals surface area contributed by atoms with Crippen molar-refractivity contribution in [1.82, 2.24) is 0 Å². The van der Waals surface area contributed by atoms with Crippen LogP contribution in [0.15, 0.2) is 18.2 Å². The van der Waals surface area contributed by atoms with Crippen LogP contribution in [0.2, 0.25) is 0 Å². The summed E-state index contributed by atoms with van der Waals surface area (Å²) in [5.41, 5.74) is 6.66. The number of rotatable bonds is 3. The van der Waals surface area contributed by atoms with Crippen molar-refractivity contribution in [2.24, 2.45) is 5.92 Å². The first kappa shape index (κ1) is 11.8. The predicted octanol–water partition coefficient (Wildman–Crippen LogP) is 3.10. The van der Waals surface area contributed by atoms with Crippen LogP contribution >= 0.6 is 0 Å². The van der Waals surface area contributed by atoms with E-state index in [0.717, 1.165) is 12.4 Å². The van der Waals surface area contributed by atoms with Gasteiger partial charge in [-0.2, -0.15) is 5.26 Å². The maximum atomic E-state index is 8.87. The predicted molar refractivity (Wildman–Crippen MR) is 67.6 cm³/mol. The molecule has 1 aromatic carbocycles. The molecule has 0 unspecified atom stereocenters. The summed E-state index contributed by atoms with van der Waals surface area (Å²) >= 11 is 0. The Morgan fingerprint density at radius 1 is 1.29 bits per heavy atom. The van der Waals surface area contributed by atoms with Gasteiger partial charge in [0.25, 0.3) is 0 Å². The van der Waals surface area contributed by atoms with E-state index >= 15 is 0 Å². The van der Waals surface area contributed by atoms with Gasteiger partial charge in [0, 0.05) is 5.69 Å². The minimum atomic E-state index is 0.492. The molecule has 0 aliphatic heterocycles. The minimum absolute atomic E-state index is 0.492. The average molecular weight is 230 g/mol. The summed E-state index contributed by atoms with van der Waals surface area (Å²) in [6.45, 7) is 0.759. The van der Waals surface area contributed by atoms with Crippen molar-refractivity contribution in [3.63, 3.8) is 0 Å². The Labute approximate surface area is 102 Å². The molecule has 3 heteroatoms. The Bertz CT molecular complexity index is 417. The highest BCUT2D eigenvalue weighted by Crippen LogP contribution is 2.25. The van der Waals surface area contributed by atoms with E-state index in [1.165, 1.54) is 32.1 Å². The molecule has 0 spiro atoms. The van der Waals surface area contributed by atoms with Crippen LogP contribution < -0.4 is 10.5 Å². The number of anilines is 1. The highest BCUT2D eigenvalue weighted by Gasteiger charge is 2.14. The number of nitrogens with zero attached hydrogens (tertiary/aromatic N) is 1. The summed E-state index contributed by atoms with van der Waals surface area (Å²) in [5.74, 6) is 1.42. The summed E-state index contributed by atoms with van der Waals surface area (Å²) in [5, 5.41) is 8.87. The van der Waals surface area contributed by atoms with Gasteiger partial charge in [-0.25, -0.2) is 0 Å². The van der Waals surface area contributed by atoms with Gasteiger partial charge in [-0.3, -0.25) is 0 Å². The molecule has 1 saturated carbocycles. The Kier molecular flexibility index (Phi) is 3.87. The van der Waals surface area contributed by atoms with E-state index in [-0.39, 0.29) is 0 Å². The lowest BCUT2D eigenvalue weighted by Gasteiger charge is -2.21. The van der Waals surface area contributed by atoms with E-state index in [1.54, 1.807) is 12.1 Å². The zero-order chi connectivity index (χ0) is 12.1. The maximum Gasteiger partial charge on any atom is 0.120 e. The molecule has 1 fully saturated rings. The minimum Gasteiger partial charge on any atom is -0.493 e. The molecule has 3 nitrogen and oxygen atoms in total. The highest BCUT2D eigenvalue weighted by atomic mass is 16.5. The van der Waals surface area contributed by atoms with Gasteiger partial charge in [-0.05, 0) is 37.0 Å². The van der Waals surface area contributed by atoms with Crippen molar-refractivity contribution < 1.29 is 4.74 Å². The summed E-state index contributed by atoms with van der Waals surface area (Å²) in [7, 11) is 0. The molecule has 17 heavy (non-hydrogen) atoms. The third-order valence-electron chi connectivity index (χ3n) is 3.36. The molecule has 1 aliphatic carbocycles. The SMILES string of the molecule is N#Cc1cc(OCC2CCCCC2)ccc1N. The van der Waals surface area contributed by atoms with Crippen molar-refractivity contribution in [1.29, 1.82) is 5.26 Å². The largest absolute Gasteiger partial charge is 0.493 e. The molecule has 0 radical (unpaired) electrons. The summed E-state index contributed by atoms with van der Waals surface area (Å²) in [6.07, 6.45) is 6.52. The lowest BCUT2D eigenvalue weighted by Crippen LogP contribution is -2.15. The first-order valence-corrected chi connectivity index (χ1v) is 6.22. The molecular weight excluding hydrogens is 212 g/mol. The molecule has 0 heterocycles. The first-order valence-electron chi connectivity index (χ1n) is 6.22. The molecule has 1 aromatic rings. The van der Waals surface area contributed by atoms with E-state index in [1.807, 2.05) is 6.07 Å². The van der Waals surface area contributed by atoms with Crippen molar-refractivity contribution in [3.8, 4) is 11.8 Å². The number of hydrogen-bond acceptors (Lipinski definition) is 3. The average Bonchev–Trinajstić information content (AvgIpc) is 2.39. The van der Waals surface area contributed by atoms with Crippen LogP contribution in [0, 0.1) is 17.2 Å². The van der Waals surface area contributed by atoms with Crippen molar-refractivity contribution in [3.05, 3.63) is 23.8 Å². The third kappa shape index (κ3) is 3.13. The molecule has 0 bridgehead atoms. The number of benzene rings is 1. The first-order chi connectivity index (χ1) is 8.29. The number of nitrogen functional groups attached to an aromatic ring is 1. The number of nitrogens with two attached hydrogens (primary N) is 1. The summed E-state index contributed by atoms with van der Waals surface area (Å²) in [4.78, 5) is 0. The zero-order valence-corrected chi connectivity index (χ0v) is 9.98. The molecule has 0 amide bonds. The van der Waals surface area contributed by atoms with Crippen LogP contribution in [0.5, 0.6) is 5.75 Å². The second kappa shape index (κ2) is 5.58. The van der Waals surface area contributed by atoms with Crippen LogP contribution in [-0.2, 0) is 0 Å². The molecule has 0 saturated heterocycles. The smallest absolute Gasteiger partial charge is 0.120 e. The zero-order valence-electron chi connectivity index (χ0n) is 9.98. The summed E-state index contributed by atoms with van der Waals surface area (Å²) in [6, 6.07) is 7.35. The number of nitriles is 1. The van der Waals surface area contributed by atoms with Gasteiger partial charge >= 0.3 is 0 Å². The van der Waals surface area contributed by atoms with E-state index in [0.29, 0.717) is 17.2 Å². The van der Waals surface area contributed by atoms with Gasteiger partial charge in [0.2, 0.25) is 0 Å². The second-order valence-corrected chi connectivity index (χ2v) is 4.68. The van der Waals surface area contributed by atoms with Gasteiger partial charge in [-0.15, -0.1) is 0 Å². The fraction of sp³-hybridized carbons (Fsp3) is 0.500. The van der Waals surface area contributed by atoms with E-state index in [9.17, 15) is 0 Å². The van der Waals surface area contributed by atoms with Crippen LogP contribution in [0.1, 0.15) is 37.7 Å². The Balaban J connectivity index is 1.92. The van der Waals surface area contributed by atoms with Gasteiger partial charge in [0.1, 0.15) is 11.8 Å². The van der Waals surface area contributed by atoms with Gasteiger partial charge in [0.15, 0.2) is 0 Å². The standard InChI is InChI=1S/C14H18N2O/c15-9-12-8-13(6-7-14(12)16)17-10-11-4-2-1-3-5-11/h6-8,11H,1-5,10,16H2. The van der Waals surface area contributed by atoms with Crippen LogP contribution in [0.25, 0.3) is 0 Å². The van der Waals surface area contributed by atoms with Crippen LogP contribution in [0.4, 0.5) is 5.69 Å². The number of ether oxygens (including phenoxy) is 1. The molecule has 2 rings (SSSR count). The van der Waals surface area contributed by atoms with E-state index in [4.69, 9.17) is 15.7 Å². The second-order valence-electron chi connectivity index (χ2n) is 4.68. The van der Waals surface area contributed by atoms with Crippen molar-refractivity contribution in [2.75, 3.05) is 12.3 Å². The van der Waals surface area contributed by atoms with Crippen LogP contribution in [0.3, 0.4) is 0 Å². The Morgan fingerprint density at radius 3 is 2.76 bits per heavy atom. The van der Waals surface area contributed by atoms with Crippen LogP contribution in [-0.4, -0.2) is 6.61 Å². The highest BCUT2D eigenvalue weighted by molar-refractivity contribution is 5.56. The number of hydrogen-bond donors (Lipinski definition) is 1. The fourth-order valence-electron chi connectivity index (χ4n) is 2.29. The lowest BCUT2D eigenvalue weighted by atomic mass is 9.90. The normalized spacial score (nSPS) is 16.4. The van der Waals surface area contributed by atoms with E-state index in [2.05, 4.69) is 6.07 Å². The molecule has 1 aliphatic rings. The van der Waals surface area contributed by atoms with Gasteiger partial charge < -0.3 is 10.5 Å². The molecule has 0 atom stereocenters. The van der Waals surface area contributed by atoms with Crippen molar-refractivity contribution in [2.45, 2.75) is 32.1 Å². The summed E-state index contributed by atoms with van der Waals surface area (Å²) < 4.78 is 5.74. The maximum absolute atomic E-state index is 8.87. The molecule has 2 N–H and O–H groups in total.